The number of carboxylic acid groups (broad SMARTS) is 1. The van der Waals surface area contributed by atoms with E-state index in [1.54, 1.807) is 30.3 Å². The van der Waals surface area contributed by atoms with Crippen LogP contribution in [0.1, 0.15) is 30.9 Å². The van der Waals surface area contributed by atoms with Gasteiger partial charge in [0.05, 0.1) is 12.7 Å². The van der Waals surface area contributed by atoms with Crippen LogP contribution in [0.5, 0.6) is 23.0 Å². The monoisotopic (exact) mass is 472 g/mol. The Hall–Kier alpha value is -3.25. The molecular formula is C26H26ClFO5. The highest BCUT2D eigenvalue weighted by molar-refractivity contribution is 6.30. The van der Waals surface area contributed by atoms with Crippen molar-refractivity contribution in [3.8, 4) is 23.0 Å². The number of aryl methyl sites for hydroxylation is 2. The van der Waals surface area contributed by atoms with Crippen molar-refractivity contribution in [2.75, 3.05) is 6.61 Å². The van der Waals surface area contributed by atoms with Gasteiger partial charge in [0, 0.05) is 23.9 Å². The third kappa shape index (κ3) is 7.39. The number of carboxylic acids is 1. The van der Waals surface area contributed by atoms with Crippen LogP contribution in [0.15, 0.2) is 60.7 Å². The lowest BCUT2D eigenvalue weighted by Crippen LogP contribution is -2.16. The predicted molar refractivity (Wildman–Crippen MR) is 125 cm³/mol. The molecule has 1 N–H and O–H groups in total. The van der Waals surface area contributed by atoms with Crippen LogP contribution in [0.4, 0.5) is 4.39 Å². The van der Waals surface area contributed by atoms with Crippen molar-refractivity contribution in [2.45, 2.75) is 39.2 Å². The van der Waals surface area contributed by atoms with Crippen molar-refractivity contribution >= 4 is 17.6 Å². The van der Waals surface area contributed by atoms with E-state index in [0.717, 1.165) is 11.1 Å². The second-order valence-electron chi connectivity index (χ2n) is 7.67. The Labute approximate surface area is 197 Å². The molecule has 0 aliphatic rings. The van der Waals surface area contributed by atoms with E-state index >= 15 is 0 Å². The zero-order chi connectivity index (χ0) is 23.8. The van der Waals surface area contributed by atoms with E-state index in [0.29, 0.717) is 41.7 Å². The lowest BCUT2D eigenvalue weighted by atomic mass is 10.0. The van der Waals surface area contributed by atoms with Gasteiger partial charge in [0.1, 0.15) is 5.75 Å². The van der Waals surface area contributed by atoms with Crippen LogP contribution in [0, 0.1) is 12.7 Å². The fourth-order valence-electron chi connectivity index (χ4n) is 3.20. The summed E-state index contributed by atoms with van der Waals surface area (Å²) in [6.45, 7) is 4.27. The van der Waals surface area contributed by atoms with Gasteiger partial charge in [-0.25, -0.2) is 4.39 Å². The molecular weight excluding hydrogens is 447 g/mol. The van der Waals surface area contributed by atoms with Crippen LogP contribution >= 0.6 is 11.6 Å². The van der Waals surface area contributed by atoms with Crippen LogP contribution in [-0.2, 0) is 11.2 Å². The number of rotatable bonds is 11. The Morgan fingerprint density at radius 2 is 1.85 bits per heavy atom. The van der Waals surface area contributed by atoms with Gasteiger partial charge < -0.3 is 19.3 Å². The number of hydrogen-bond donors (Lipinski definition) is 1. The molecule has 0 radical (unpaired) electrons. The summed E-state index contributed by atoms with van der Waals surface area (Å²) in [6, 6.07) is 16.7. The van der Waals surface area contributed by atoms with Crippen LogP contribution in [0.3, 0.4) is 0 Å². The standard InChI is InChI=1S/C26H26ClFO5/c1-17-15-21(10-7-19(17)8-12-26(29)30)31-14-13-18(2)32-24-11-9-20(27)16-25(24)33-23-6-4-3-5-22(23)28/h3-7,9-11,15-16,18H,8,12-14H2,1-2H3,(H,29,30). The smallest absolute Gasteiger partial charge is 0.303 e. The van der Waals surface area contributed by atoms with Crippen molar-refractivity contribution < 1.29 is 28.5 Å². The van der Waals surface area contributed by atoms with E-state index < -0.39 is 11.8 Å². The summed E-state index contributed by atoms with van der Waals surface area (Å²) in [5.74, 6) is 0.291. The van der Waals surface area contributed by atoms with Crippen molar-refractivity contribution in [3.05, 3.63) is 82.6 Å². The summed E-state index contributed by atoms with van der Waals surface area (Å²) in [5.41, 5.74) is 1.99. The molecule has 1 atom stereocenters. The number of benzene rings is 3. The molecule has 174 valence electrons. The lowest BCUT2D eigenvalue weighted by molar-refractivity contribution is -0.136. The molecule has 0 bridgehead atoms. The minimum atomic E-state index is -0.813. The third-order valence-electron chi connectivity index (χ3n) is 5.01. The van der Waals surface area contributed by atoms with Crippen LogP contribution in [0.25, 0.3) is 0 Å². The molecule has 1 unspecified atom stereocenters. The number of hydrogen-bond acceptors (Lipinski definition) is 4. The van der Waals surface area contributed by atoms with Gasteiger partial charge in [-0.15, -0.1) is 0 Å². The third-order valence-corrected chi connectivity index (χ3v) is 5.24. The van der Waals surface area contributed by atoms with E-state index in [9.17, 15) is 9.18 Å². The van der Waals surface area contributed by atoms with Gasteiger partial charge in [-0.1, -0.05) is 29.8 Å². The number of halogens is 2. The molecule has 0 amide bonds. The SMILES string of the molecule is Cc1cc(OCCC(C)Oc2ccc(Cl)cc2Oc2ccccc2F)ccc1CCC(=O)O. The summed E-state index contributed by atoms with van der Waals surface area (Å²) in [4.78, 5) is 10.8. The zero-order valence-corrected chi connectivity index (χ0v) is 19.3. The van der Waals surface area contributed by atoms with Gasteiger partial charge in [-0.05, 0) is 67.8 Å². The van der Waals surface area contributed by atoms with Gasteiger partial charge in [0.15, 0.2) is 23.1 Å². The average Bonchev–Trinajstić information content (AvgIpc) is 2.76. The molecule has 7 heteroatoms. The maximum absolute atomic E-state index is 14.0. The Morgan fingerprint density at radius 3 is 2.58 bits per heavy atom. The maximum atomic E-state index is 14.0. The first kappa shape index (κ1) is 24.4. The van der Waals surface area contributed by atoms with Crippen molar-refractivity contribution in [2.24, 2.45) is 0 Å². The topological polar surface area (TPSA) is 65.0 Å². The molecule has 0 saturated heterocycles. The average molecular weight is 473 g/mol. The number of ether oxygens (including phenoxy) is 3. The molecule has 0 saturated carbocycles. The fourth-order valence-corrected chi connectivity index (χ4v) is 3.37. The van der Waals surface area contributed by atoms with Gasteiger partial charge >= 0.3 is 5.97 Å². The van der Waals surface area contributed by atoms with Gasteiger partial charge in [-0.2, -0.15) is 0 Å². The molecule has 0 spiro atoms. The Balaban J connectivity index is 1.56. The van der Waals surface area contributed by atoms with Crippen LogP contribution in [0.2, 0.25) is 5.02 Å². The predicted octanol–water partition coefficient (Wildman–Crippen LogP) is 6.83. The lowest BCUT2D eigenvalue weighted by Gasteiger charge is -2.18. The van der Waals surface area contributed by atoms with Gasteiger partial charge in [0.2, 0.25) is 0 Å². The van der Waals surface area contributed by atoms with E-state index in [-0.39, 0.29) is 18.3 Å². The highest BCUT2D eigenvalue weighted by atomic mass is 35.5. The highest BCUT2D eigenvalue weighted by Crippen LogP contribution is 2.35. The summed E-state index contributed by atoms with van der Waals surface area (Å²) in [7, 11) is 0. The van der Waals surface area contributed by atoms with Crippen molar-refractivity contribution in [1.29, 1.82) is 0 Å². The Morgan fingerprint density at radius 1 is 1.06 bits per heavy atom. The number of carbonyl (C=O) groups is 1. The molecule has 3 rings (SSSR count). The van der Waals surface area contributed by atoms with Gasteiger partial charge in [0.25, 0.3) is 0 Å². The first-order chi connectivity index (χ1) is 15.8. The molecule has 33 heavy (non-hydrogen) atoms. The molecule has 0 aliphatic carbocycles. The summed E-state index contributed by atoms with van der Waals surface area (Å²) < 4.78 is 31.5. The minimum absolute atomic E-state index is 0.0859. The van der Waals surface area contributed by atoms with E-state index in [1.165, 1.54) is 12.1 Å². The molecule has 3 aromatic rings. The van der Waals surface area contributed by atoms with E-state index in [4.69, 9.17) is 30.9 Å². The molecule has 0 fully saturated rings. The normalized spacial score (nSPS) is 11.6. The number of para-hydroxylation sites is 1. The fraction of sp³-hybridized carbons (Fsp3) is 0.269. The maximum Gasteiger partial charge on any atom is 0.303 e. The Bertz CT molecular complexity index is 1100. The van der Waals surface area contributed by atoms with E-state index in [2.05, 4.69) is 0 Å². The molecule has 0 aliphatic heterocycles. The van der Waals surface area contributed by atoms with Crippen LogP contribution in [-0.4, -0.2) is 23.8 Å². The first-order valence-electron chi connectivity index (χ1n) is 10.6. The molecule has 0 heterocycles. The quantitative estimate of drug-likeness (QED) is 0.331. The molecule has 3 aromatic carbocycles. The summed E-state index contributed by atoms with van der Waals surface area (Å²) in [5, 5.41) is 9.29. The van der Waals surface area contributed by atoms with Crippen molar-refractivity contribution in [3.63, 3.8) is 0 Å². The second-order valence-corrected chi connectivity index (χ2v) is 8.11. The van der Waals surface area contributed by atoms with Gasteiger partial charge in [-0.3, -0.25) is 4.79 Å². The molecule has 0 aromatic heterocycles. The zero-order valence-electron chi connectivity index (χ0n) is 18.5. The van der Waals surface area contributed by atoms with E-state index in [1.807, 2.05) is 32.0 Å². The molecule has 5 nitrogen and oxygen atoms in total. The second kappa shape index (κ2) is 11.6. The largest absolute Gasteiger partial charge is 0.493 e. The first-order valence-corrected chi connectivity index (χ1v) is 11.0. The summed E-state index contributed by atoms with van der Waals surface area (Å²) >= 11 is 6.09. The number of aliphatic carboxylic acids is 1. The highest BCUT2D eigenvalue weighted by Gasteiger charge is 2.14. The van der Waals surface area contributed by atoms with Crippen LogP contribution < -0.4 is 14.2 Å². The van der Waals surface area contributed by atoms with Crippen molar-refractivity contribution in [1.82, 2.24) is 0 Å². The summed E-state index contributed by atoms with van der Waals surface area (Å²) in [6.07, 6.45) is 0.986. The Kier molecular flexibility index (Phi) is 8.55. The minimum Gasteiger partial charge on any atom is -0.493 e.